The normalized spacial score (nSPS) is 10.4. The lowest BCUT2D eigenvalue weighted by molar-refractivity contribution is -0.136. The minimum absolute atomic E-state index is 0.0705. The molecule has 0 bridgehead atoms. The van der Waals surface area contributed by atoms with E-state index in [0.29, 0.717) is 17.9 Å². The van der Waals surface area contributed by atoms with E-state index in [2.05, 4.69) is 22.9 Å². The Morgan fingerprint density at radius 2 is 1.88 bits per heavy atom. The molecule has 2 aromatic carbocycles. The molecule has 0 heterocycles. The van der Waals surface area contributed by atoms with Gasteiger partial charge in [-0.05, 0) is 42.3 Å². The van der Waals surface area contributed by atoms with Crippen LogP contribution in [0, 0.1) is 0 Å². The van der Waals surface area contributed by atoms with E-state index in [0.717, 1.165) is 35.2 Å². The number of benzene rings is 2. The first kappa shape index (κ1) is 18.3. The van der Waals surface area contributed by atoms with Gasteiger partial charge in [0.25, 0.3) is 0 Å². The van der Waals surface area contributed by atoms with Crippen LogP contribution in [0.2, 0.25) is 0 Å². The summed E-state index contributed by atoms with van der Waals surface area (Å²) in [5.41, 5.74) is 1.65. The third-order valence-corrected chi connectivity index (χ3v) is 3.94. The van der Waals surface area contributed by atoms with E-state index in [1.807, 2.05) is 30.3 Å². The summed E-state index contributed by atoms with van der Waals surface area (Å²) in [6.45, 7) is 3.23. The molecule has 2 rings (SSSR count). The molecule has 0 saturated heterocycles. The van der Waals surface area contributed by atoms with Crippen molar-refractivity contribution in [3.05, 3.63) is 58.1 Å². The lowest BCUT2D eigenvalue weighted by atomic mass is 10.1. The topological polar surface area (TPSA) is 55.8 Å². The van der Waals surface area contributed by atoms with Crippen molar-refractivity contribution >= 4 is 21.9 Å². The molecule has 0 fully saturated rings. The summed E-state index contributed by atoms with van der Waals surface area (Å²) in [4.78, 5) is 11.0. The zero-order valence-electron chi connectivity index (χ0n) is 13.6. The van der Waals surface area contributed by atoms with Crippen LogP contribution in [0.3, 0.4) is 0 Å². The maximum absolute atomic E-state index is 11.0. The number of aliphatic carboxylic acids is 1. The Balaban J connectivity index is 1.96. The molecule has 0 unspecified atom stereocenters. The quantitative estimate of drug-likeness (QED) is 0.620. The van der Waals surface area contributed by atoms with E-state index in [1.165, 1.54) is 0 Å². The molecule has 2 aromatic rings. The summed E-state index contributed by atoms with van der Waals surface area (Å²) in [7, 11) is 0. The fourth-order valence-corrected chi connectivity index (χ4v) is 2.58. The molecule has 0 radical (unpaired) electrons. The molecule has 0 amide bonds. The summed E-state index contributed by atoms with van der Waals surface area (Å²) < 4.78 is 12.3. The van der Waals surface area contributed by atoms with Crippen molar-refractivity contribution in [2.75, 3.05) is 6.61 Å². The van der Waals surface area contributed by atoms with Gasteiger partial charge < -0.3 is 14.6 Å². The predicted octanol–water partition coefficient (Wildman–Crippen LogP) is 4.83. The molecule has 24 heavy (non-hydrogen) atoms. The lowest BCUT2D eigenvalue weighted by Crippen LogP contribution is -2.04. The highest BCUT2D eigenvalue weighted by Gasteiger charge is 2.09. The fourth-order valence-electron chi connectivity index (χ4n) is 2.17. The highest BCUT2D eigenvalue weighted by Crippen LogP contribution is 2.25. The molecule has 1 N–H and O–H groups in total. The van der Waals surface area contributed by atoms with Crippen LogP contribution in [-0.2, 0) is 17.8 Å². The number of halogens is 1. The fraction of sp³-hybridized carbons (Fsp3) is 0.316. The van der Waals surface area contributed by atoms with E-state index in [4.69, 9.17) is 14.6 Å². The molecule has 0 atom stereocenters. The van der Waals surface area contributed by atoms with E-state index < -0.39 is 5.97 Å². The summed E-state index contributed by atoms with van der Waals surface area (Å²) in [5, 5.41) is 9.00. The molecule has 0 aliphatic carbocycles. The molecular weight excluding hydrogens is 372 g/mol. The van der Waals surface area contributed by atoms with Gasteiger partial charge in [0.1, 0.15) is 18.1 Å². The minimum atomic E-state index is -0.883. The van der Waals surface area contributed by atoms with Gasteiger partial charge in [-0.1, -0.05) is 41.4 Å². The maximum Gasteiger partial charge on any atom is 0.307 e. The SMILES string of the molecule is CCCCOc1ccc(COc2ccc(Br)cc2CC(=O)O)cc1. The average molecular weight is 393 g/mol. The number of carboxylic acid groups (broad SMARTS) is 1. The van der Waals surface area contributed by atoms with E-state index in [1.54, 1.807) is 12.1 Å². The molecule has 0 aromatic heterocycles. The second-order valence-electron chi connectivity index (χ2n) is 5.46. The zero-order chi connectivity index (χ0) is 17.4. The smallest absolute Gasteiger partial charge is 0.307 e. The molecular formula is C19H21BrO4. The van der Waals surface area contributed by atoms with Crippen molar-refractivity contribution in [2.24, 2.45) is 0 Å². The monoisotopic (exact) mass is 392 g/mol. The summed E-state index contributed by atoms with van der Waals surface area (Å²) in [6.07, 6.45) is 2.08. The van der Waals surface area contributed by atoms with Crippen molar-refractivity contribution in [3.63, 3.8) is 0 Å². The summed E-state index contributed by atoms with van der Waals surface area (Å²) >= 11 is 3.35. The van der Waals surface area contributed by atoms with Crippen molar-refractivity contribution in [2.45, 2.75) is 32.8 Å². The predicted molar refractivity (Wildman–Crippen MR) is 96.7 cm³/mol. The maximum atomic E-state index is 11.0. The van der Waals surface area contributed by atoms with Gasteiger partial charge in [-0.3, -0.25) is 4.79 Å². The first-order chi connectivity index (χ1) is 11.6. The molecule has 5 heteroatoms. The number of ether oxygens (including phenoxy) is 2. The highest BCUT2D eigenvalue weighted by molar-refractivity contribution is 9.10. The Morgan fingerprint density at radius 1 is 1.12 bits per heavy atom. The second-order valence-corrected chi connectivity index (χ2v) is 6.37. The van der Waals surface area contributed by atoms with Gasteiger partial charge in [0.15, 0.2) is 0 Å². The number of carboxylic acids is 1. The van der Waals surface area contributed by atoms with Crippen LogP contribution < -0.4 is 9.47 Å². The Hall–Kier alpha value is -2.01. The van der Waals surface area contributed by atoms with Gasteiger partial charge in [-0.15, -0.1) is 0 Å². The van der Waals surface area contributed by atoms with Gasteiger partial charge in [0, 0.05) is 10.0 Å². The van der Waals surface area contributed by atoms with Crippen LogP contribution in [0.4, 0.5) is 0 Å². The van der Waals surface area contributed by atoms with Crippen molar-refractivity contribution in [3.8, 4) is 11.5 Å². The first-order valence-corrected chi connectivity index (χ1v) is 8.72. The van der Waals surface area contributed by atoms with E-state index in [-0.39, 0.29) is 6.42 Å². The summed E-state index contributed by atoms with van der Waals surface area (Å²) in [6, 6.07) is 13.2. The number of rotatable bonds is 9. The van der Waals surface area contributed by atoms with Crippen LogP contribution in [0.15, 0.2) is 46.9 Å². The van der Waals surface area contributed by atoms with Crippen LogP contribution in [0.1, 0.15) is 30.9 Å². The van der Waals surface area contributed by atoms with Gasteiger partial charge >= 0.3 is 5.97 Å². The lowest BCUT2D eigenvalue weighted by Gasteiger charge is -2.12. The Morgan fingerprint density at radius 3 is 2.54 bits per heavy atom. The molecule has 0 aliphatic rings. The number of unbranched alkanes of at least 4 members (excludes halogenated alkanes) is 1. The number of hydrogen-bond acceptors (Lipinski definition) is 3. The number of hydrogen-bond donors (Lipinski definition) is 1. The third kappa shape index (κ3) is 5.89. The largest absolute Gasteiger partial charge is 0.494 e. The molecule has 0 spiro atoms. The van der Waals surface area contributed by atoms with Gasteiger partial charge in [-0.2, -0.15) is 0 Å². The Labute approximate surface area is 150 Å². The van der Waals surface area contributed by atoms with Crippen LogP contribution in [-0.4, -0.2) is 17.7 Å². The van der Waals surface area contributed by atoms with Crippen LogP contribution in [0.25, 0.3) is 0 Å². The van der Waals surface area contributed by atoms with E-state index in [9.17, 15) is 4.79 Å². The molecule has 0 saturated carbocycles. The van der Waals surface area contributed by atoms with Gasteiger partial charge in [0.2, 0.25) is 0 Å². The number of carbonyl (C=O) groups is 1. The molecule has 4 nitrogen and oxygen atoms in total. The molecule has 128 valence electrons. The van der Waals surface area contributed by atoms with Gasteiger partial charge in [0.05, 0.1) is 13.0 Å². The average Bonchev–Trinajstić information content (AvgIpc) is 2.55. The minimum Gasteiger partial charge on any atom is -0.494 e. The molecule has 0 aliphatic heterocycles. The Bertz CT molecular complexity index is 668. The zero-order valence-corrected chi connectivity index (χ0v) is 15.2. The van der Waals surface area contributed by atoms with Gasteiger partial charge in [-0.25, -0.2) is 0 Å². The van der Waals surface area contributed by atoms with Crippen molar-refractivity contribution in [1.29, 1.82) is 0 Å². The first-order valence-electron chi connectivity index (χ1n) is 7.93. The van der Waals surface area contributed by atoms with Crippen molar-refractivity contribution < 1.29 is 19.4 Å². The standard InChI is InChI=1S/C19H21BrO4/c1-2-3-10-23-17-7-4-14(5-8-17)13-24-18-9-6-16(20)11-15(18)12-19(21)22/h4-9,11H,2-3,10,12-13H2,1H3,(H,21,22). The highest BCUT2D eigenvalue weighted by atomic mass is 79.9. The van der Waals surface area contributed by atoms with Crippen LogP contribution in [0.5, 0.6) is 11.5 Å². The summed E-state index contributed by atoms with van der Waals surface area (Å²) in [5.74, 6) is 0.554. The Kier molecular flexibility index (Phi) is 7.12. The van der Waals surface area contributed by atoms with E-state index >= 15 is 0 Å². The van der Waals surface area contributed by atoms with Crippen LogP contribution >= 0.6 is 15.9 Å². The van der Waals surface area contributed by atoms with Crippen molar-refractivity contribution in [1.82, 2.24) is 0 Å². The third-order valence-electron chi connectivity index (χ3n) is 3.45. The second kappa shape index (κ2) is 9.33.